The molecule has 0 aromatic heterocycles. The van der Waals surface area contributed by atoms with Crippen LogP contribution in [0, 0.1) is 11.8 Å². The van der Waals surface area contributed by atoms with Gasteiger partial charge in [-0.15, -0.1) is 0 Å². The molecule has 1 rings (SSSR count). The molecule has 2 nitrogen and oxygen atoms in total. The van der Waals surface area contributed by atoms with Gasteiger partial charge in [-0.05, 0) is 37.0 Å². The van der Waals surface area contributed by atoms with Crippen molar-refractivity contribution in [2.24, 2.45) is 11.8 Å². The van der Waals surface area contributed by atoms with Crippen molar-refractivity contribution in [2.75, 3.05) is 25.4 Å². The van der Waals surface area contributed by atoms with Gasteiger partial charge in [0, 0.05) is 12.6 Å². The van der Waals surface area contributed by atoms with Crippen LogP contribution in [-0.4, -0.2) is 41.5 Å². The molecule has 0 aliphatic carbocycles. The summed E-state index contributed by atoms with van der Waals surface area (Å²) in [4.78, 5) is 2.49. The molecule has 1 N–H and O–H groups in total. The molecule has 2 unspecified atom stereocenters. The number of aliphatic hydroxyl groups excluding tert-OH is 1. The summed E-state index contributed by atoms with van der Waals surface area (Å²) in [5.41, 5.74) is 0. The Morgan fingerprint density at radius 3 is 2.62 bits per heavy atom. The third-order valence-corrected chi connectivity index (χ3v) is 4.33. The molecule has 1 fully saturated rings. The summed E-state index contributed by atoms with van der Waals surface area (Å²) >= 11 is 4.45. The minimum Gasteiger partial charge on any atom is -0.395 e. The van der Waals surface area contributed by atoms with Crippen molar-refractivity contribution >= 4 is 12.6 Å². The standard InChI is InChI=1S/C13H27NOS/c1-11(2)12(10-16)8-14-7-5-3-4-6-13(14)9-15/h11-13,15-16H,3-10H2,1-2H3. The molecule has 0 saturated carbocycles. The molecule has 1 saturated heterocycles. The number of hydrogen-bond acceptors (Lipinski definition) is 3. The fourth-order valence-electron chi connectivity index (χ4n) is 2.46. The van der Waals surface area contributed by atoms with Gasteiger partial charge < -0.3 is 5.11 Å². The summed E-state index contributed by atoms with van der Waals surface area (Å²) in [6.45, 7) is 7.12. The zero-order valence-corrected chi connectivity index (χ0v) is 11.6. The Morgan fingerprint density at radius 1 is 1.31 bits per heavy atom. The van der Waals surface area contributed by atoms with Crippen molar-refractivity contribution in [1.29, 1.82) is 0 Å². The monoisotopic (exact) mass is 245 g/mol. The van der Waals surface area contributed by atoms with Crippen LogP contribution in [0.15, 0.2) is 0 Å². The lowest BCUT2D eigenvalue weighted by Gasteiger charge is -2.33. The second-order valence-corrected chi connectivity index (χ2v) is 5.73. The maximum Gasteiger partial charge on any atom is 0.0586 e. The van der Waals surface area contributed by atoms with E-state index in [9.17, 15) is 5.11 Å². The first kappa shape index (κ1) is 14.3. The van der Waals surface area contributed by atoms with Crippen molar-refractivity contribution in [3.8, 4) is 0 Å². The van der Waals surface area contributed by atoms with Crippen LogP contribution < -0.4 is 0 Å². The van der Waals surface area contributed by atoms with Crippen molar-refractivity contribution in [2.45, 2.75) is 45.6 Å². The van der Waals surface area contributed by atoms with Gasteiger partial charge in [-0.3, -0.25) is 4.90 Å². The van der Waals surface area contributed by atoms with Crippen LogP contribution in [0.1, 0.15) is 39.5 Å². The van der Waals surface area contributed by atoms with Crippen molar-refractivity contribution in [3.63, 3.8) is 0 Å². The number of hydrogen-bond donors (Lipinski definition) is 2. The predicted octanol–water partition coefficient (Wildman–Crippen LogP) is 2.43. The smallest absolute Gasteiger partial charge is 0.0586 e. The van der Waals surface area contributed by atoms with Gasteiger partial charge in [-0.25, -0.2) is 0 Å². The van der Waals surface area contributed by atoms with E-state index in [0.29, 0.717) is 24.5 Å². The number of aliphatic hydroxyl groups is 1. The fraction of sp³-hybridized carbons (Fsp3) is 1.00. The van der Waals surface area contributed by atoms with Crippen LogP contribution in [0.25, 0.3) is 0 Å². The zero-order valence-electron chi connectivity index (χ0n) is 10.7. The van der Waals surface area contributed by atoms with Crippen molar-refractivity contribution < 1.29 is 5.11 Å². The predicted molar refractivity (Wildman–Crippen MR) is 73.1 cm³/mol. The lowest BCUT2D eigenvalue weighted by molar-refractivity contribution is 0.104. The van der Waals surface area contributed by atoms with E-state index in [4.69, 9.17) is 0 Å². The first-order valence-electron chi connectivity index (χ1n) is 6.64. The first-order chi connectivity index (χ1) is 7.69. The van der Waals surface area contributed by atoms with E-state index in [2.05, 4.69) is 31.4 Å². The van der Waals surface area contributed by atoms with E-state index in [1.54, 1.807) is 0 Å². The van der Waals surface area contributed by atoms with E-state index in [-0.39, 0.29) is 0 Å². The lowest BCUT2D eigenvalue weighted by atomic mass is 9.96. The summed E-state index contributed by atoms with van der Waals surface area (Å²) in [5, 5.41) is 9.45. The van der Waals surface area contributed by atoms with Crippen LogP contribution in [-0.2, 0) is 0 Å². The van der Waals surface area contributed by atoms with Crippen molar-refractivity contribution in [3.05, 3.63) is 0 Å². The number of likely N-dealkylation sites (tertiary alicyclic amines) is 1. The third-order valence-electron chi connectivity index (χ3n) is 3.86. The van der Waals surface area contributed by atoms with Gasteiger partial charge in [-0.1, -0.05) is 26.7 Å². The second-order valence-electron chi connectivity index (χ2n) is 5.37. The summed E-state index contributed by atoms with van der Waals surface area (Å²) < 4.78 is 0. The molecule has 0 spiro atoms. The van der Waals surface area contributed by atoms with Gasteiger partial charge in [0.25, 0.3) is 0 Å². The molecular weight excluding hydrogens is 218 g/mol. The minimum atomic E-state index is 0.317. The minimum absolute atomic E-state index is 0.317. The molecule has 0 radical (unpaired) electrons. The average Bonchev–Trinajstić information content (AvgIpc) is 2.49. The Bertz CT molecular complexity index is 187. The Kier molecular flexibility index (Phi) is 6.78. The second kappa shape index (κ2) is 7.57. The SMILES string of the molecule is CC(C)C(CS)CN1CCCCCC1CO. The molecule has 0 amide bonds. The summed E-state index contributed by atoms with van der Waals surface area (Å²) in [7, 11) is 0. The maximum atomic E-state index is 9.45. The van der Waals surface area contributed by atoms with E-state index >= 15 is 0 Å². The van der Waals surface area contributed by atoms with Crippen LogP contribution in [0.3, 0.4) is 0 Å². The Balaban J connectivity index is 2.53. The molecule has 1 aliphatic rings. The molecule has 2 atom stereocenters. The number of rotatable bonds is 5. The van der Waals surface area contributed by atoms with E-state index < -0.39 is 0 Å². The van der Waals surface area contributed by atoms with Gasteiger partial charge in [0.1, 0.15) is 0 Å². The van der Waals surface area contributed by atoms with Gasteiger partial charge in [-0.2, -0.15) is 12.6 Å². The molecule has 3 heteroatoms. The van der Waals surface area contributed by atoms with Gasteiger partial charge >= 0.3 is 0 Å². The Labute approximate surface area is 106 Å². The van der Waals surface area contributed by atoms with E-state index in [1.807, 2.05) is 0 Å². The van der Waals surface area contributed by atoms with Crippen LogP contribution in [0.4, 0.5) is 0 Å². The Hall–Kier alpha value is 0.270. The third kappa shape index (κ3) is 4.27. The lowest BCUT2D eigenvalue weighted by Crippen LogP contribution is -2.42. The van der Waals surface area contributed by atoms with E-state index in [0.717, 1.165) is 25.3 Å². The summed E-state index contributed by atoms with van der Waals surface area (Å²) in [6, 6.07) is 0.392. The zero-order chi connectivity index (χ0) is 12.0. The molecule has 0 bridgehead atoms. The summed E-state index contributed by atoms with van der Waals surface area (Å²) in [6.07, 6.45) is 5.04. The van der Waals surface area contributed by atoms with Crippen LogP contribution in [0.2, 0.25) is 0 Å². The normalized spacial score (nSPS) is 25.7. The maximum absolute atomic E-state index is 9.45. The molecule has 0 aromatic carbocycles. The highest BCUT2D eigenvalue weighted by molar-refractivity contribution is 7.80. The summed E-state index contributed by atoms with van der Waals surface area (Å²) in [5.74, 6) is 2.28. The number of thiol groups is 1. The average molecular weight is 245 g/mol. The topological polar surface area (TPSA) is 23.5 Å². The highest BCUT2D eigenvalue weighted by Crippen LogP contribution is 2.21. The molecule has 16 heavy (non-hydrogen) atoms. The molecule has 1 heterocycles. The van der Waals surface area contributed by atoms with Gasteiger partial charge in [0.05, 0.1) is 6.61 Å². The highest BCUT2D eigenvalue weighted by atomic mass is 32.1. The van der Waals surface area contributed by atoms with Gasteiger partial charge in [0.2, 0.25) is 0 Å². The van der Waals surface area contributed by atoms with Gasteiger partial charge in [0.15, 0.2) is 0 Å². The first-order valence-corrected chi connectivity index (χ1v) is 7.28. The van der Waals surface area contributed by atoms with Crippen LogP contribution in [0.5, 0.6) is 0 Å². The molecule has 0 aromatic rings. The van der Waals surface area contributed by atoms with Crippen molar-refractivity contribution in [1.82, 2.24) is 4.90 Å². The largest absolute Gasteiger partial charge is 0.395 e. The highest BCUT2D eigenvalue weighted by Gasteiger charge is 2.23. The fourth-order valence-corrected chi connectivity index (χ4v) is 3.00. The van der Waals surface area contributed by atoms with E-state index in [1.165, 1.54) is 19.3 Å². The number of nitrogens with zero attached hydrogens (tertiary/aromatic N) is 1. The van der Waals surface area contributed by atoms with Crippen LogP contribution >= 0.6 is 12.6 Å². The Morgan fingerprint density at radius 2 is 2.06 bits per heavy atom. The molecular formula is C13H27NOS. The molecule has 1 aliphatic heterocycles. The quantitative estimate of drug-likeness (QED) is 0.727. The molecule has 96 valence electrons.